The highest BCUT2D eigenvalue weighted by atomic mass is 32.1. The Hall–Kier alpha value is -1.62. The number of fused-ring (bicyclic) bond motifs is 1. The van der Waals surface area contributed by atoms with Crippen LogP contribution in [0.5, 0.6) is 0 Å². The summed E-state index contributed by atoms with van der Waals surface area (Å²) in [5.74, 6) is 0.513. The second kappa shape index (κ2) is 4.81. The SMILES string of the molecule is CC1CCCC1NC(=O)c1sc2cnccc2c1N. The second-order valence-corrected chi connectivity index (χ2v) is 6.26. The molecule has 0 spiro atoms. The average Bonchev–Trinajstić information content (AvgIpc) is 2.95. The first-order valence-electron chi connectivity index (χ1n) is 6.59. The number of pyridine rings is 1. The lowest BCUT2D eigenvalue weighted by Crippen LogP contribution is -2.36. The highest BCUT2D eigenvalue weighted by Crippen LogP contribution is 2.33. The van der Waals surface area contributed by atoms with Crippen molar-refractivity contribution in [2.24, 2.45) is 5.92 Å². The summed E-state index contributed by atoms with van der Waals surface area (Å²) in [5, 5.41) is 4.04. The summed E-state index contributed by atoms with van der Waals surface area (Å²) in [7, 11) is 0. The number of nitrogens with two attached hydrogens (primary N) is 1. The van der Waals surface area contributed by atoms with Crippen molar-refractivity contribution < 1.29 is 4.79 Å². The van der Waals surface area contributed by atoms with Crippen LogP contribution in [0.3, 0.4) is 0 Å². The summed E-state index contributed by atoms with van der Waals surface area (Å²) < 4.78 is 0.963. The maximum absolute atomic E-state index is 12.3. The summed E-state index contributed by atoms with van der Waals surface area (Å²) in [4.78, 5) is 17.0. The number of amides is 1. The normalized spacial score (nSPS) is 22.8. The minimum atomic E-state index is -0.0440. The minimum Gasteiger partial charge on any atom is -0.397 e. The molecule has 0 aromatic carbocycles. The van der Waals surface area contributed by atoms with Crippen LogP contribution in [0.4, 0.5) is 5.69 Å². The van der Waals surface area contributed by atoms with Crippen LogP contribution in [-0.4, -0.2) is 16.9 Å². The van der Waals surface area contributed by atoms with Gasteiger partial charge < -0.3 is 11.1 Å². The van der Waals surface area contributed by atoms with E-state index in [2.05, 4.69) is 17.2 Å². The molecule has 1 saturated carbocycles. The number of nitrogen functional groups attached to an aromatic ring is 1. The Morgan fingerprint density at radius 1 is 1.53 bits per heavy atom. The molecule has 2 heterocycles. The van der Waals surface area contributed by atoms with Crippen molar-refractivity contribution in [1.29, 1.82) is 0 Å². The fourth-order valence-corrected chi connectivity index (χ4v) is 3.73. The maximum atomic E-state index is 12.3. The molecule has 1 aliphatic carbocycles. The number of rotatable bonds is 2. The van der Waals surface area contributed by atoms with Crippen molar-refractivity contribution in [3.8, 4) is 0 Å². The van der Waals surface area contributed by atoms with Gasteiger partial charge in [0, 0.05) is 23.8 Å². The Labute approximate surface area is 116 Å². The number of nitrogens with one attached hydrogen (secondary N) is 1. The number of carbonyl (C=O) groups is 1. The van der Waals surface area contributed by atoms with E-state index in [1.165, 1.54) is 24.2 Å². The van der Waals surface area contributed by atoms with Crippen LogP contribution < -0.4 is 11.1 Å². The van der Waals surface area contributed by atoms with E-state index in [-0.39, 0.29) is 11.9 Å². The Kier molecular flexibility index (Phi) is 3.14. The molecule has 0 radical (unpaired) electrons. The molecule has 100 valence electrons. The molecule has 1 aliphatic rings. The van der Waals surface area contributed by atoms with Gasteiger partial charge in [-0.1, -0.05) is 13.3 Å². The van der Waals surface area contributed by atoms with Gasteiger partial charge in [-0.15, -0.1) is 11.3 Å². The number of nitrogens with zero attached hydrogens (tertiary/aromatic N) is 1. The topological polar surface area (TPSA) is 68.0 Å². The number of thiophene rings is 1. The average molecular weight is 275 g/mol. The maximum Gasteiger partial charge on any atom is 0.263 e. The Bertz CT molecular complexity index is 622. The largest absolute Gasteiger partial charge is 0.397 e. The van der Waals surface area contributed by atoms with Gasteiger partial charge >= 0.3 is 0 Å². The zero-order chi connectivity index (χ0) is 13.4. The zero-order valence-corrected chi connectivity index (χ0v) is 11.7. The first kappa shape index (κ1) is 12.4. The number of anilines is 1. The summed E-state index contributed by atoms with van der Waals surface area (Å²) in [5.41, 5.74) is 6.65. The van der Waals surface area contributed by atoms with Crippen LogP contribution in [-0.2, 0) is 0 Å². The van der Waals surface area contributed by atoms with E-state index in [4.69, 9.17) is 5.73 Å². The Balaban J connectivity index is 1.87. The van der Waals surface area contributed by atoms with Crippen molar-refractivity contribution in [2.75, 3.05) is 5.73 Å². The van der Waals surface area contributed by atoms with Crippen molar-refractivity contribution in [3.63, 3.8) is 0 Å². The van der Waals surface area contributed by atoms with Crippen LogP contribution in [0.25, 0.3) is 10.1 Å². The second-order valence-electron chi connectivity index (χ2n) is 5.20. The lowest BCUT2D eigenvalue weighted by Gasteiger charge is -2.16. The van der Waals surface area contributed by atoms with Crippen molar-refractivity contribution >= 4 is 33.0 Å². The van der Waals surface area contributed by atoms with Crippen molar-refractivity contribution in [2.45, 2.75) is 32.2 Å². The van der Waals surface area contributed by atoms with Gasteiger partial charge in [0.1, 0.15) is 4.88 Å². The van der Waals surface area contributed by atoms with Crippen LogP contribution in [0.1, 0.15) is 35.9 Å². The first-order valence-corrected chi connectivity index (χ1v) is 7.41. The lowest BCUT2D eigenvalue weighted by molar-refractivity contribution is 0.0934. The fourth-order valence-electron chi connectivity index (χ4n) is 2.73. The lowest BCUT2D eigenvalue weighted by atomic mass is 10.1. The van der Waals surface area contributed by atoms with Gasteiger partial charge in [0.05, 0.1) is 10.4 Å². The van der Waals surface area contributed by atoms with E-state index < -0.39 is 0 Å². The highest BCUT2D eigenvalue weighted by molar-refractivity contribution is 7.21. The Morgan fingerprint density at radius 3 is 3.05 bits per heavy atom. The molecule has 1 fully saturated rings. The molecule has 3 N–H and O–H groups in total. The number of carbonyl (C=O) groups excluding carboxylic acids is 1. The van der Waals surface area contributed by atoms with E-state index in [1.54, 1.807) is 12.4 Å². The van der Waals surface area contributed by atoms with E-state index >= 15 is 0 Å². The quantitative estimate of drug-likeness (QED) is 0.885. The molecular weight excluding hydrogens is 258 g/mol. The van der Waals surface area contributed by atoms with Gasteiger partial charge in [0.15, 0.2) is 0 Å². The molecule has 5 heteroatoms. The third-order valence-corrected chi connectivity index (χ3v) is 5.07. The third-order valence-electron chi connectivity index (χ3n) is 3.92. The van der Waals surface area contributed by atoms with Crippen LogP contribution in [0.2, 0.25) is 0 Å². The number of hydrogen-bond donors (Lipinski definition) is 2. The molecule has 1 amide bonds. The summed E-state index contributed by atoms with van der Waals surface area (Å²) >= 11 is 1.42. The highest BCUT2D eigenvalue weighted by Gasteiger charge is 2.26. The number of aromatic nitrogens is 1. The number of hydrogen-bond acceptors (Lipinski definition) is 4. The fraction of sp³-hybridized carbons (Fsp3) is 0.429. The van der Waals surface area contributed by atoms with Crippen LogP contribution in [0.15, 0.2) is 18.5 Å². The monoisotopic (exact) mass is 275 g/mol. The minimum absolute atomic E-state index is 0.0440. The van der Waals surface area contributed by atoms with Gasteiger partial charge in [-0.2, -0.15) is 0 Å². The van der Waals surface area contributed by atoms with Crippen molar-refractivity contribution in [3.05, 3.63) is 23.3 Å². The van der Waals surface area contributed by atoms with Crippen LogP contribution in [0, 0.1) is 5.92 Å². The molecule has 0 saturated heterocycles. The molecule has 2 unspecified atom stereocenters. The van der Waals surface area contributed by atoms with Crippen molar-refractivity contribution in [1.82, 2.24) is 10.3 Å². The van der Waals surface area contributed by atoms with E-state index in [0.717, 1.165) is 16.5 Å². The van der Waals surface area contributed by atoms with Gasteiger partial charge in [-0.3, -0.25) is 9.78 Å². The first-order chi connectivity index (χ1) is 9.16. The molecule has 2 aromatic heterocycles. The molecule has 3 rings (SSSR count). The summed E-state index contributed by atoms with van der Waals surface area (Å²) in [6, 6.07) is 2.14. The van der Waals surface area contributed by atoms with E-state index in [0.29, 0.717) is 16.5 Å². The van der Waals surface area contributed by atoms with Gasteiger partial charge in [-0.25, -0.2) is 0 Å². The molecule has 2 atom stereocenters. The van der Waals surface area contributed by atoms with Gasteiger partial charge in [0.25, 0.3) is 5.91 Å². The molecule has 2 aromatic rings. The third kappa shape index (κ3) is 2.18. The summed E-state index contributed by atoms with van der Waals surface area (Å²) in [6.45, 7) is 2.19. The predicted octanol–water partition coefficient (Wildman–Crippen LogP) is 2.80. The zero-order valence-electron chi connectivity index (χ0n) is 10.8. The van der Waals surface area contributed by atoms with Crippen LogP contribution >= 0.6 is 11.3 Å². The van der Waals surface area contributed by atoms with Gasteiger partial charge in [0.2, 0.25) is 0 Å². The smallest absolute Gasteiger partial charge is 0.263 e. The molecule has 0 aliphatic heterocycles. The van der Waals surface area contributed by atoms with E-state index in [9.17, 15) is 4.79 Å². The molecular formula is C14H17N3OS. The molecule has 4 nitrogen and oxygen atoms in total. The molecule has 0 bridgehead atoms. The Morgan fingerprint density at radius 2 is 2.37 bits per heavy atom. The predicted molar refractivity (Wildman–Crippen MR) is 78.3 cm³/mol. The van der Waals surface area contributed by atoms with Gasteiger partial charge in [-0.05, 0) is 24.8 Å². The van der Waals surface area contributed by atoms with E-state index in [1.807, 2.05) is 6.07 Å². The molecule has 19 heavy (non-hydrogen) atoms. The standard InChI is InChI=1S/C14H17N3OS/c1-8-3-2-4-10(8)17-14(18)13-12(15)9-5-6-16-7-11(9)19-13/h5-8,10H,2-4,15H2,1H3,(H,17,18). The summed E-state index contributed by atoms with van der Waals surface area (Å²) in [6.07, 6.45) is 6.91.